The van der Waals surface area contributed by atoms with Gasteiger partial charge < -0.3 is 5.32 Å². The maximum absolute atomic E-state index is 12.9. The van der Waals surface area contributed by atoms with E-state index in [0.717, 1.165) is 21.3 Å². The summed E-state index contributed by atoms with van der Waals surface area (Å²) in [5.41, 5.74) is 2.51. The van der Waals surface area contributed by atoms with Crippen LogP contribution in [-0.4, -0.2) is 26.0 Å². The second-order valence-electron chi connectivity index (χ2n) is 6.60. The molecule has 1 aromatic carbocycles. The quantitative estimate of drug-likeness (QED) is 0.443. The fraction of sp³-hybridized carbons (Fsp3) is 0.190. The van der Waals surface area contributed by atoms with E-state index in [1.54, 1.807) is 32.0 Å². The monoisotopic (exact) mass is 456 g/mol. The number of amides is 1. The maximum Gasteiger partial charge on any atom is 0.295 e. The lowest BCUT2D eigenvalue weighted by Gasteiger charge is -2.07. The lowest BCUT2D eigenvalue weighted by atomic mass is 10.3. The predicted octanol–water partition coefficient (Wildman–Crippen LogP) is 4.54. The molecule has 4 rings (SSSR count). The summed E-state index contributed by atoms with van der Waals surface area (Å²) >= 11 is 4.76. The molecule has 0 saturated carbocycles. The number of nitrogens with one attached hydrogen (secondary N) is 1. The van der Waals surface area contributed by atoms with Gasteiger partial charge in [0.05, 0.1) is 27.7 Å². The highest BCUT2D eigenvalue weighted by atomic mass is 32.2. The van der Waals surface area contributed by atoms with Crippen LogP contribution in [0.4, 0.5) is 5.69 Å². The third-order valence-electron chi connectivity index (χ3n) is 4.59. The maximum atomic E-state index is 12.9. The van der Waals surface area contributed by atoms with Crippen molar-refractivity contribution in [2.45, 2.75) is 12.7 Å². The topological polar surface area (TPSA) is 68.9 Å². The molecule has 0 bridgehead atoms. The number of carbonyl (C=O) groups excluding carboxylic acids is 1. The second kappa shape index (κ2) is 9.03. The van der Waals surface area contributed by atoms with Crippen molar-refractivity contribution < 1.29 is 4.79 Å². The van der Waals surface area contributed by atoms with Gasteiger partial charge in [-0.05, 0) is 30.5 Å². The SMILES string of the molecule is Cc1c(NC(=O)CSCc2csc(-c3cccs3)n2)c(=O)n(-c2ccccc2)n1C. The Morgan fingerprint density at radius 3 is 2.70 bits per heavy atom. The molecule has 6 nitrogen and oxygen atoms in total. The Hall–Kier alpha value is -2.62. The van der Waals surface area contributed by atoms with E-state index in [1.165, 1.54) is 11.8 Å². The van der Waals surface area contributed by atoms with Gasteiger partial charge in [0.15, 0.2) is 0 Å². The van der Waals surface area contributed by atoms with Crippen molar-refractivity contribution in [1.82, 2.24) is 14.3 Å². The van der Waals surface area contributed by atoms with Crippen LogP contribution in [0.2, 0.25) is 0 Å². The number of aromatic nitrogens is 3. The molecule has 30 heavy (non-hydrogen) atoms. The summed E-state index contributed by atoms with van der Waals surface area (Å²) in [7, 11) is 1.81. The summed E-state index contributed by atoms with van der Waals surface area (Å²) in [6, 6.07) is 13.4. The van der Waals surface area contributed by atoms with Crippen molar-refractivity contribution >= 4 is 46.0 Å². The summed E-state index contributed by atoms with van der Waals surface area (Å²) in [6.45, 7) is 1.82. The van der Waals surface area contributed by atoms with E-state index in [9.17, 15) is 9.59 Å². The number of thiazole rings is 1. The number of para-hydroxylation sites is 1. The van der Waals surface area contributed by atoms with Crippen LogP contribution in [0, 0.1) is 6.92 Å². The van der Waals surface area contributed by atoms with Gasteiger partial charge in [-0.25, -0.2) is 9.67 Å². The molecule has 9 heteroatoms. The third kappa shape index (κ3) is 4.28. The molecular formula is C21H20N4O2S3. The first-order valence-corrected chi connectivity index (χ1v) is 12.2. The van der Waals surface area contributed by atoms with E-state index in [4.69, 9.17) is 0 Å². The summed E-state index contributed by atoms with van der Waals surface area (Å²) in [4.78, 5) is 31.1. The summed E-state index contributed by atoms with van der Waals surface area (Å²) < 4.78 is 3.31. The minimum atomic E-state index is -0.236. The molecular weight excluding hydrogens is 436 g/mol. The fourth-order valence-electron chi connectivity index (χ4n) is 3.02. The Morgan fingerprint density at radius 1 is 1.17 bits per heavy atom. The number of nitrogens with zero attached hydrogens (tertiary/aromatic N) is 3. The lowest BCUT2D eigenvalue weighted by Crippen LogP contribution is -2.23. The molecule has 0 fully saturated rings. The van der Waals surface area contributed by atoms with Gasteiger partial charge >= 0.3 is 0 Å². The Morgan fingerprint density at radius 2 is 1.97 bits per heavy atom. The smallest absolute Gasteiger partial charge is 0.295 e. The largest absolute Gasteiger partial charge is 0.319 e. The normalized spacial score (nSPS) is 11.0. The second-order valence-corrected chi connectivity index (χ2v) is 9.39. The highest BCUT2D eigenvalue weighted by Crippen LogP contribution is 2.29. The molecule has 0 aliphatic carbocycles. The Labute approximate surface area is 186 Å². The van der Waals surface area contributed by atoms with Crippen LogP contribution in [0.25, 0.3) is 15.6 Å². The average Bonchev–Trinajstić information content (AvgIpc) is 3.47. The third-order valence-corrected chi connectivity index (χ3v) is 7.48. The standard InChI is InChI=1S/C21H20N4O2S3/c1-14-19(21(27)25(24(14)2)16-7-4-3-5-8-16)23-18(26)13-28-11-15-12-30-20(22-15)17-9-6-10-29-17/h3-10,12H,11,13H2,1-2H3,(H,23,26). The first-order chi connectivity index (χ1) is 14.5. The van der Waals surface area contributed by atoms with Gasteiger partial charge in [0, 0.05) is 18.2 Å². The van der Waals surface area contributed by atoms with Crippen molar-refractivity contribution in [2.24, 2.45) is 7.05 Å². The van der Waals surface area contributed by atoms with Gasteiger partial charge in [0.1, 0.15) is 10.7 Å². The average molecular weight is 457 g/mol. The molecule has 0 unspecified atom stereocenters. The van der Waals surface area contributed by atoms with Gasteiger partial charge in [-0.3, -0.25) is 14.3 Å². The van der Waals surface area contributed by atoms with E-state index >= 15 is 0 Å². The molecule has 0 saturated heterocycles. The Balaban J connectivity index is 1.38. The van der Waals surface area contributed by atoms with Crippen molar-refractivity contribution in [3.63, 3.8) is 0 Å². The molecule has 0 atom stereocenters. The number of hydrogen-bond donors (Lipinski definition) is 1. The molecule has 0 spiro atoms. The number of hydrogen-bond acceptors (Lipinski definition) is 6. The molecule has 3 heterocycles. The zero-order valence-electron chi connectivity index (χ0n) is 16.5. The van der Waals surface area contributed by atoms with Crippen LogP contribution < -0.4 is 10.9 Å². The number of carbonyl (C=O) groups is 1. The van der Waals surface area contributed by atoms with Gasteiger partial charge in [0.2, 0.25) is 5.91 Å². The number of thioether (sulfide) groups is 1. The molecule has 154 valence electrons. The van der Waals surface area contributed by atoms with Gasteiger partial charge in [-0.2, -0.15) is 0 Å². The van der Waals surface area contributed by atoms with Crippen LogP contribution in [0.3, 0.4) is 0 Å². The van der Waals surface area contributed by atoms with E-state index in [1.807, 2.05) is 61.1 Å². The Bertz CT molecular complexity index is 1210. The number of rotatable bonds is 7. The molecule has 1 N–H and O–H groups in total. The van der Waals surface area contributed by atoms with Crippen molar-refractivity contribution in [3.8, 4) is 15.6 Å². The summed E-state index contributed by atoms with van der Waals surface area (Å²) in [5.74, 6) is 0.710. The molecule has 0 aliphatic rings. The molecule has 0 radical (unpaired) electrons. The van der Waals surface area contributed by atoms with Crippen LogP contribution >= 0.6 is 34.4 Å². The molecule has 4 aromatic rings. The van der Waals surface area contributed by atoms with E-state index in [0.29, 0.717) is 17.1 Å². The van der Waals surface area contributed by atoms with Crippen LogP contribution in [0.5, 0.6) is 0 Å². The van der Waals surface area contributed by atoms with Crippen LogP contribution in [-0.2, 0) is 17.6 Å². The van der Waals surface area contributed by atoms with Crippen molar-refractivity contribution in [3.05, 3.63) is 75.0 Å². The van der Waals surface area contributed by atoms with E-state index in [2.05, 4.69) is 16.4 Å². The van der Waals surface area contributed by atoms with Gasteiger partial charge in [-0.15, -0.1) is 34.4 Å². The first kappa shape index (κ1) is 20.6. The van der Waals surface area contributed by atoms with Gasteiger partial charge in [0.25, 0.3) is 5.56 Å². The minimum Gasteiger partial charge on any atom is -0.319 e. The van der Waals surface area contributed by atoms with Crippen molar-refractivity contribution in [1.29, 1.82) is 0 Å². The van der Waals surface area contributed by atoms with E-state index in [-0.39, 0.29) is 17.2 Å². The fourth-order valence-corrected chi connectivity index (χ4v) is 5.48. The molecule has 0 aliphatic heterocycles. The zero-order chi connectivity index (χ0) is 21.1. The number of thiophene rings is 1. The predicted molar refractivity (Wildman–Crippen MR) is 126 cm³/mol. The minimum absolute atomic E-state index is 0.195. The number of benzene rings is 1. The highest BCUT2D eigenvalue weighted by molar-refractivity contribution is 7.99. The van der Waals surface area contributed by atoms with E-state index < -0.39 is 0 Å². The summed E-state index contributed by atoms with van der Waals surface area (Å²) in [6.07, 6.45) is 0. The molecule has 3 aromatic heterocycles. The zero-order valence-corrected chi connectivity index (χ0v) is 18.9. The highest BCUT2D eigenvalue weighted by Gasteiger charge is 2.18. The number of anilines is 1. The lowest BCUT2D eigenvalue weighted by molar-refractivity contribution is -0.113. The summed E-state index contributed by atoms with van der Waals surface area (Å²) in [5, 5.41) is 7.86. The Kier molecular flexibility index (Phi) is 6.21. The van der Waals surface area contributed by atoms with Crippen molar-refractivity contribution in [2.75, 3.05) is 11.1 Å². The van der Waals surface area contributed by atoms with Crippen LogP contribution in [0.15, 0.2) is 58.0 Å². The van der Waals surface area contributed by atoms with Crippen LogP contribution in [0.1, 0.15) is 11.4 Å². The van der Waals surface area contributed by atoms with Gasteiger partial charge in [-0.1, -0.05) is 24.3 Å². The first-order valence-electron chi connectivity index (χ1n) is 9.24. The molecule has 1 amide bonds.